The van der Waals surface area contributed by atoms with Crippen LogP contribution in [-0.2, 0) is 4.79 Å². The van der Waals surface area contributed by atoms with Crippen LogP contribution >= 0.6 is 0 Å². The highest BCUT2D eigenvalue weighted by Gasteiger charge is 2.35. The van der Waals surface area contributed by atoms with Gasteiger partial charge in [0, 0.05) is 24.2 Å². The molecule has 0 N–H and O–H groups in total. The van der Waals surface area contributed by atoms with Gasteiger partial charge in [-0.25, -0.2) is 0 Å². The first-order valence-electron chi connectivity index (χ1n) is 8.78. The highest BCUT2D eigenvalue weighted by molar-refractivity contribution is 5.96. The molecule has 1 amide bonds. The van der Waals surface area contributed by atoms with Crippen LogP contribution in [0.1, 0.15) is 23.8 Å². The zero-order chi connectivity index (χ0) is 18.4. The van der Waals surface area contributed by atoms with Crippen LogP contribution in [0.5, 0.6) is 11.5 Å². The fraction of sp³-hybridized carbons (Fsp3) is 0.250. The Bertz CT molecular complexity index is 1010. The van der Waals surface area contributed by atoms with E-state index in [4.69, 9.17) is 14.0 Å². The number of fused-ring (bicyclic) bond motifs is 1. The third-order valence-electron chi connectivity index (χ3n) is 4.89. The molecule has 27 heavy (non-hydrogen) atoms. The first-order valence-corrected chi connectivity index (χ1v) is 8.78. The lowest BCUT2D eigenvalue weighted by Gasteiger charge is -2.16. The Balaban J connectivity index is 1.37. The molecule has 5 rings (SSSR count). The SMILES string of the molecule is Cc1ccc(N2C[C@H](c3nc(-c4ccc5c(c4)OCO5)no3)CC2=O)cc1. The highest BCUT2D eigenvalue weighted by atomic mass is 16.7. The topological polar surface area (TPSA) is 77.7 Å². The van der Waals surface area contributed by atoms with Gasteiger partial charge in [-0.05, 0) is 37.3 Å². The van der Waals surface area contributed by atoms with Crippen molar-refractivity contribution in [3.05, 3.63) is 53.9 Å². The lowest BCUT2D eigenvalue weighted by molar-refractivity contribution is -0.117. The second kappa shape index (κ2) is 6.12. The van der Waals surface area contributed by atoms with E-state index < -0.39 is 0 Å². The lowest BCUT2D eigenvalue weighted by Crippen LogP contribution is -2.24. The standard InChI is InChI=1S/C20H17N3O4/c1-12-2-5-15(6-3-12)23-10-14(9-18(23)24)20-21-19(22-27-20)13-4-7-16-17(8-13)26-11-25-16/h2-8,14H,9-11H2,1H3/t14-/m1/s1. The number of aromatic nitrogens is 2. The number of benzene rings is 2. The van der Waals surface area contributed by atoms with E-state index in [0.29, 0.717) is 36.2 Å². The highest BCUT2D eigenvalue weighted by Crippen LogP contribution is 2.36. The molecule has 0 aliphatic carbocycles. The third kappa shape index (κ3) is 2.81. The largest absolute Gasteiger partial charge is 0.454 e. The molecule has 2 aliphatic heterocycles. The minimum Gasteiger partial charge on any atom is -0.454 e. The summed E-state index contributed by atoms with van der Waals surface area (Å²) in [5, 5.41) is 4.08. The smallest absolute Gasteiger partial charge is 0.232 e. The molecular formula is C20H17N3O4. The molecule has 2 aromatic carbocycles. The van der Waals surface area contributed by atoms with Gasteiger partial charge in [-0.1, -0.05) is 22.9 Å². The zero-order valence-corrected chi connectivity index (χ0v) is 14.7. The van der Waals surface area contributed by atoms with Crippen molar-refractivity contribution in [3.8, 4) is 22.9 Å². The van der Waals surface area contributed by atoms with Gasteiger partial charge in [0.25, 0.3) is 0 Å². The maximum absolute atomic E-state index is 12.5. The summed E-state index contributed by atoms with van der Waals surface area (Å²) < 4.78 is 16.2. The Hall–Kier alpha value is -3.35. The molecule has 136 valence electrons. The van der Waals surface area contributed by atoms with Gasteiger partial charge in [0.2, 0.25) is 24.4 Å². The molecule has 0 unspecified atom stereocenters. The molecule has 3 aromatic rings. The summed E-state index contributed by atoms with van der Waals surface area (Å²) in [6, 6.07) is 13.4. The summed E-state index contributed by atoms with van der Waals surface area (Å²) in [5.41, 5.74) is 2.84. The lowest BCUT2D eigenvalue weighted by atomic mass is 10.1. The number of carbonyl (C=O) groups is 1. The Morgan fingerprint density at radius 2 is 1.89 bits per heavy atom. The summed E-state index contributed by atoms with van der Waals surface area (Å²) in [5.74, 6) is 2.27. The van der Waals surface area contributed by atoms with E-state index in [2.05, 4.69) is 10.1 Å². The Labute approximate surface area is 155 Å². The van der Waals surface area contributed by atoms with Crippen LogP contribution in [0.4, 0.5) is 5.69 Å². The van der Waals surface area contributed by atoms with Crippen molar-refractivity contribution < 1.29 is 18.8 Å². The summed E-state index contributed by atoms with van der Waals surface area (Å²) >= 11 is 0. The molecule has 0 bridgehead atoms. The van der Waals surface area contributed by atoms with Crippen molar-refractivity contribution in [3.63, 3.8) is 0 Å². The van der Waals surface area contributed by atoms with Crippen molar-refractivity contribution >= 4 is 11.6 Å². The number of aryl methyl sites for hydroxylation is 1. The maximum Gasteiger partial charge on any atom is 0.232 e. The molecular weight excluding hydrogens is 346 g/mol. The molecule has 7 nitrogen and oxygen atoms in total. The predicted molar refractivity (Wildman–Crippen MR) is 96.7 cm³/mol. The molecule has 1 fully saturated rings. The molecule has 1 aromatic heterocycles. The van der Waals surface area contributed by atoms with Crippen LogP contribution in [-0.4, -0.2) is 29.4 Å². The fourth-order valence-corrected chi connectivity index (χ4v) is 3.40. The van der Waals surface area contributed by atoms with Crippen molar-refractivity contribution in [2.75, 3.05) is 18.2 Å². The van der Waals surface area contributed by atoms with Crippen molar-refractivity contribution in [2.24, 2.45) is 0 Å². The molecule has 1 saturated heterocycles. The van der Waals surface area contributed by atoms with Gasteiger partial charge in [-0.3, -0.25) is 4.79 Å². The van der Waals surface area contributed by atoms with Crippen molar-refractivity contribution in [2.45, 2.75) is 19.3 Å². The van der Waals surface area contributed by atoms with Crippen molar-refractivity contribution in [1.82, 2.24) is 10.1 Å². The Morgan fingerprint density at radius 3 is 2.74 bits per heavy atom. The molecule has 0 radical (unpaired) electrons. The van der Waals surface area contributed by atoms with Gasteiger partial charge in [-0.15, -0.1) is 0 Å². The number of nitrogens with zero attached hydrogens (tertiary/aromatic N) is 3. The van der Waals surface area contributed by atoms with E-state index >= 15 is 0 Å². The van der Waals surface area contributed by atoms with E-state index in [-0.39, 0.29) is 18.6 Å². The predicted octanol–water partition coefficient (Wildman–Crippen LogP) is 3.29. The molecule has 7 heteroatoms. The first kappa shape index (κ1) is 15.9. The minimum atomic E-state index is -0.117. The second-order valence-electron chi connectivity index (χ2n) is 6.77. The average molecular weight is 363 g/mol. The summed E-state index contributed by atoms with van der Waals surface area (Å²) in [6.07, 6.45) is 0.358. The minimum absolute atomic E-state index is 0.0617. The van der Waals surface area contributed by atoms with Crippen LogP contribution in [0.15, 0.2) is 47.0 Å². The monoisotopic (exact) mass is 363 g/mol. The first-order chi connectivity index (χ1) is 13.2. The number of hydrogen-bond donors (Lipinski definition) is 0. The van der Waals surface area contributed by atoms with E-state index in [9.17, 15) is 4.79 Å². The third-order valence-corrected chi connectivity index (χ3v) is 4.89. The Kier molecular flexibility index (Phi) is 3.60. The van der Waals surface area contributed by atoms with Crippen LogP contribution < -0.4 is 14.4 Å². The summed E-state index contributed by atoms with van der Waals surface area (Å²) in [4.78, 5) is 18.7. The fourth-order valence-electron chi connectivity index (χ4n) is 3.40. The van der Waals surface area contributed by atoms with Crippen LogP contribution in [0.3, 0.4) is 0 Å². The summed E-state index contributed by atoms with van der Waals surface area (Å²) in [7, 11) is 0. The van der Waals surface area contributed by atoms with Gasteiger partial charge in [0.15, 0.2) is 11.5 Å². The number of amides is 1. The number of rotatable bonds is 3. The number of ether oxygens (including phenoxy) is 2. The molecule has 1 atom stereocenters. The summed E-state index contributed by atoms with van der Waals surface area (Å²) in [6.45, 7) is 2.77. The van der Waals surface area contributed by atoms with Crippen LogP contribution in [0.2, 0.25) is 0 Å². The number of hydrogen-bond acceptors (Lipinski definition) is 6. The van der Waals surface area contributed by atoms with E-state index in [1.54, 1.807) is 4.90 Å². The number of anilines is 1. The van der Waals surface area contributed by atoms with E-state index in [1.807, 2.05) is 49.4 Å². The van der Waals surface area contributed by atoms with Gasteiger partial charge in [-0.2, -0.15) is 4.98 Å². The van der Waals surface area contributed by atoms with Gasteiger partial charge < -0.3 is 18.9 Å². The molecule has 0 spiro atoms. The second-order valence-corrected chi connectivity index (χ2v) is 6.77. The molecule has 2 aliphatic rings. The van der Waals surface area contributed by atoms with Crippen LogP contribution in [0.25, 0.3) is 11.4 Å². The maximum atomic E-state index is 12.5. The average Bonchev–Trinajstić information content (AvgIpc) is 3.41. The normalized spacial score (nSPS) is 18.3. The van der Waals surface area contributed by atoms with E-state index in [0.717, 1.165) is 16.8 Å². The van der Waals surface area contributed by atoms with Crippen LogP contribution in [0, 0.1) is 6.92 Å². The quantitative estimate of drug-likeness (QED) is 0.711. The zero-order valence-electron chi connectivity index (χ0n) is 14.7. The number of carbonyl (C=O) groups excluding carboxylic acids is 1. The Morgan fingerprint density at radius 1 is 1.07 bits per heavy atom. The van der Waals surface area contributed by atoms with E-state index in [1.165, 1.54) is 0 Å². The molecule has 3 heterocycles. The van der Waals surface area contributed by atoms with Gasteiger partial charge >= 0.3 is 0 Å². The molecule has 0 saturated carbocycles. The van der Waals surface area contributed by atoms with Crippen molar-refractivity contribution in [1.29, 1.82) is 0 Å². The van der Waals surface area contributed by atoms with Gasteiger partial charge in [0.1, 0.15) is 0 Å². The van der Waals surface area contributed by atoms with Gasteiger partial charge in [0.05, 0.1) is 5.92 Å².